The Morgan fingerprint density at radius 3 is 2.03 bits per heavy atom. The lowest BCUT2D eigenvalue weighted by Gasteiger charge is -2.37. The van der Waals surface area contributed by atoms with Crippen molar-refractivity contribution in [2.45, 2.75) is 12.7 Å². The van der Waals surface area contributed by atoms with Crippen LogP contribution in [-0.2, 0) is 11.3 Å². The van der Waals surface area contributed by atoms with Crippen molar-refractivity contribution in [1.82, 2.24) is 4.90 Å². The maximum atomic E-state index is 13.5. The minimum atomic E-state index is -5.08. The normalized spacial score (nSPS) is 13.7. The average Bonchev–Trinajstić information content (AvgIpc) is 2.89. The number of nitrogens with zero attached hydrogens (tertiary/aromatic N) is 2. The zero-order valence-corrected chi connectivity index (χ0v) is 20.5. The van der Waals surface area contributed by atoms with Crippen molar-refractivity contribution in [3.8, 4) is 0 Å². The number of amides is 1. The van der Waals surface area contributed by atoms with E-state index in [1.165, 1.54) is 12.1 Å². The maximum Gasteiger partial charge on any atom is 0.490 e. The molecule has 12 heteroatoms. The number of alkyl halides is 3. The highest BCUT2D eigenvalue weighted by Gasteiger charge is 2.38. The van der Waals surface area contributed by atoms with Gasteiger partial charge in [0, 0.05) is 38.3 Å². The Labute approximate surface area is 221 Å². The van der Waals surface area contributed by atoms with Crippen LogP contribution in [0.4, 0.5) is 28.9 Å². The summed E-state index contributed by atoms with van der Waals surface area (Å²) in [7, 11) is 0. The Hall–Kier alpha value is -4.45. The lowest BCUT2D eigenvalue weighted by molar-refractivity contribution is -0.192. The van der Waals surface area contributed by atoms with Crippen molar-refractivity contribution >= 4 is 29.2 Å². The van der Waals surface area contributed by atoms with E-state index >= 15 is 0 Å². The van der Waals surface area contributed by atoms with Crippen LogP contribution in [0.25, 0.3) is 0 Å². The fourth-order valence-corrected chi connectivity index (χ4v) is 3.87. The second-order valence-electron chi connectivity index (χ2n) is 8.55. The number of carbonyl (C=O) groups is 3. The number of rotatable bonds is 6. The van der Waals surface area contributed by atoms with Gasteiger partial charge in [0.1, 0.15) is 5.82 Å². The highest BCUT2D eigenvalue weighted by Crippen LogP contribution is 2.29. The molecule has 1 saturated heterocycles. The standard InChI is InChI=1S/C25H24FN3O3.C2HF3O2/c26-21-8-4-5-18(15-21)17-28-11-13-29(14-12-28)23-10-9-20(25(31)32)16-22(23)27-24(30)19-6-2-1-3-7-19;3-2(4,5)1(6)7/h1-10,15-16H,11-14,17H2,(H,27,30)(H,31,32);(H,6,7). The van der Waals surface area contributed by atoms with Gasteiger partial charge in [-0.3, -0.25) is 9.69 Å². The Kier molecular flexibility index (Phi) is 9.61. The molecule has 0 aromatic heterocycles. The third-order valence-corrected chi connectivity index (χ3v) is 5.78. The summed E-state index contributed by atoms with van der Waals surface area (Å²) in [5.74, 6) is -4.34. The van der Waals surface area contributed by atoms with Gasteiger partial charge in [0.25, 0.3) is 5.91 Å². The van der Waals surface area contributed by atoms with Crippen LogP contribution < -0.4 is 10.2 Å². The molecule has 3 aromatic rings. The van der Waals surface area contributed by atoms with Crippen LogP contribution in [0.15, 0.2) is 72.8 Å². The van der Waals surface area contributed by atoms with Gasteiger partial charge in [-0.1, -0.05) is 30.3 Å². The average molecular weight is 548 g/mol. The number of carboxylic acid groups (broad SMARTS) is 2. The summed E-state index contributed by atoms with van der Waals surface area (Å²) in [6, 6.07) is 20.2. The highest BCUT2D eigenvalue weighted by atomic mass is 19.4. The van der Waals surface area contributed by atoms with Crippen LogP contribution in [0.5, 0.6) is 0 Å². The molecule has 0 unspecified atom stereocenters. The molecule has 0 radical (unpaired) electrons. The molecule has 0 saturated carbocycles. The zero-order valence-electron chi connectivity index (χ0n) is 20.5. The number of piperazine rings is 1. The summed E-state index contributed by atoms with van der Waals surface area (Å²) in [5.41, 5.74) is 2.79. The summed E-state index contributed by atoms with van der Waals surface area (Å²) < 4.78 is 45.2. The summed E-state index contributed by atoms with van der Waals surface area (Å²) >= 11 is 0. The van der Waals surface area contributed by atoms with Crippen molar-refractivity contribution in [1.29, 1.82) is 0 Å². The predicted octanol–water partition coefficient (Wildman–Crippen LogP) is 4.73. The Morgan fingerprint density at radius 1 is 0.821 bits per heavy atom. The third-order valence-electron chi connectivity index (χ3n) is 5.78. The quantitative estimate of drug-likeness (QED) is 0.383. The second kappa shape index (κ2) is 12.9. The number of aromatic carboxylic acids is 1. The number of halogens is 4. The van der Waals surface area contributed by atoms with Gasteiger partial charge in [0.05, 0.1) is 16.9 Å². The van der Waals surface area contributed by atoms with Gasteiger partial charge in [-0.2, -0.15) is 13.2 Å². The van der Waals surface area contributed by atoms with Crippen molar-refractivity contribution in [2.24, 2.45) is 0 Å². The predicted molar refractivity (Wildman–Crippen MR) is 135 cm³/mol. The molecule has 1 aliphatic heterocycles. The maximum absolute atomic E-state index is 13.5. The van der Waals surface area contributed by atoms with E-state index in [4.69, 9.17) is 9.90 Å². The SMILES string of the molecule is O=C(O)C(F)(F)F.O=C(O)c1ccc(N2CCN(Cc3cccc(F)c3)CC2)c(NC(=O)c2ccccc2)c1. The molecule has 1 heterocycles. The Balaban J connectivity index is 0.000000532. The summed E-state index contributed by atoms with van der Waals surface area (Å²) in [6.45, 7) is 3.61. The number of carbonyl (C=O) groups excluding carboxylic acids is 1. The Bertz CT molecular complexity index is 1310. The van der Waals surface area contributed by atoms with Gasteiger partial charge >= 0.3 is 18.1 Å². The van der Waals surface area contributed by atoms with E-state index in [1.807, 2.05) is 12.1 Å². The minimum Gasteiger partial charge on any atom is -0.478 e. The molecule has 3 aromatic carbocycles. The van der Waals surface area contributed by atoms with E-state index in [2.05, 4.69) is 15.1 Å². The molecule has 3 N–H and O–H groups in total. The van der Waals surface area contributed by atoms with Crippen LogP contribution in [-0.4, -0.2) is 65.3 Å². The first-order valence-corrected chi connectivity index (χ1v) is 11.7. The van der Waals surface area contributed by atoms with Gasteiger partial charge in [0.15, 0.2) is 0 Å². The molecular weight excluding hydrogens is 522 g/mol. The molecule has 1 fully saturated rings. The number of nitrogens with one attached hydrogen (secondary N) is 1. The van der Waals surface area contributed by atoms with Gasteiger partial charge in [-0.15, -0.1) is 0 Å². The molecule has 0 spiro atoms. The molecule has 0 aliphatic carbocycles. The summed E-state index contributed by atoms with van der Waals surface area (Å²) in [5, 5.41) is 19.4. The van der Waals surface area contributed by atoms with Crippen molar-refractivity contribution < 1.29 is 42.2 Å². The van der Waals surface area contributed by atoms with E-state index in [-0.39, 0.29) is 17.3 Å². The smallest absolute Gasteiger partial charge is 0.478 e. The lowest BCUT2D eigenvalue weighted by Crippen LogP contribution is -2.46. The molecule has 0 bridgehead atoms. The molecule has 0 atom stereocenters. The first-order valence-electron chi connectivity index (χ1n) is 11.7. The number of aliphatic carboxylic acids is 1. The Morgan fingerprint density at radius 2 is 1.46 bits per heavy atom. The fourth-order valence-electron chi connectivity index (χ4n) is 3.87. The zero-order chi connectivity index (χ0) is 28.6. The fraction of sp³-hybridized carbons (Fsp3) is 0.222. The van der Waals surface area contributed by atoms with Gasteiger partial charge in [-0.25, -0.2) is 14.0 Å². The van der Waals surface area contributed by atoms with Gasteiger partial charge < -0.3 is 20.4 Å². The molecule has 4 rings (SSSR count). The van der Waals surface area contributed by atoms with Crippen LogP contribution >= 0.6 is 0 Å². The molecule has 39 heavy (non-hydrogen) atoms. The third kappa shape index (κ3) is 8.54. The van der Waals surface area contributed by atoms with E-state index in [0.717, 1.165) is 24.3 Å². The van der Waals surface area contributed by atoms with Crippen molar-refractivity contribution in [3.63, 3.8) is 0 Å². The van der Waals surface area contributed by atoms with Crippen LogP contribution in [0.2, 0.25) is 0 Å². The van der Waals surface area contributed by atoms with E-state index < -0.39 is 18.1 Å². The molecule has 206 valence electrons. The number of hydrogen-bond donors (Lipinski definition) is 3. The van der Waals surface area contributed by atoms with Gasteiger partial charge in [0.2, 0.25) is 0 Å². The van der Waals surface area contributed by atoms with Crippen molar-refractivity contribution in [2.75, 3.05) is 36.4 Å². The topological polar surface area (TPSA) is 110 Å². The van der Waals surface area contributed by atoms with Crippen LogP contribution in [0, 0.1) is 5.82 Å². The lowest BCUT2D eigenvalue weighted by atomic mass is 10.1. The first-order chi connectivity index (χ1) is 18.4. The molecular formula is C27H25F4N3O5. The van der Waals surface area contributed by atoms with Crippen LogP contribution in [0.3, 0.4) is 0 Å². The molecule has 1 aliphatic rings. The number of hydrogen-bond acceptors (Lipinski definition) is 5. The van der Waals surface area contributed by atoms with E-state index in [9.17, 15) is 32.3 Å². The highest BCUT2D eigenvalue weighted by molar-refractivity contribution is 6.06. The van der Waals surface area contributed by atoms with Crippen LogP contribution in [0.1, 0.15) is 26.3 Å². The second-order valence-corrected chi connectivity index (χ2v) is 8.55. The monoisotopic (exact) mass is 547 g/mol. The van der Waals surface area contributed by atoms with Gasteiger partial charge in [-0.05, 0) is 48.0 Å². The largest absolute Gasteiger partial charge is 0.490 e. The number of anilines is 2. The summed E-state index contributed by atoms with van der Waals surface area (Å²) in [6.07, 6.45) is -5.08. The molecule has 8 nitrogen and oxygen atoms in total. The number of carboxylic acids is 2. The van der Waals surface area contributed by atoms with Crippen molar-refractivity contribution in [3.05, 3.63) is 95.3 Å². The summed E-state index contributed by atoms with van der Waals surface area (Å²) in [4.78, 5) is 37.5. The number of benzene rings is 3. The van der Waals surface area contributed by atoms with E-state index in [0.29, 0.717) is 30.9 Å². The minimum absolute atomic E-state index is 0.113. The molecule has 1 amide bonds. The van der Waals surface area contributed by atoms with E-state index in [1.54, 1.807) is 48.5 Å². The first kappa shape index (κ1) is 29.1.